The average Bonchev–Trinajstić information content (AvgIpc) is 2.58. The van der Waals surface area contributed by atoms with Gasteiger partial charge in [-0.3, -0.25) is 19.7 Å². The molecule has 1 atom stereocenters. The number of nitrogens with zero attached hydrogens (tertiary/aromatic N) is 2. The molecule has 0 saturated carbocycles. The molecule has 1 unspecified atom stereocenters. The van der Waals surface area contributed by atoms with Gasteiger partial charge in [0.05, 0.1) is 9.82 Å². The molecular formula is C15H16N4O6S. The van der Waals surface area contributed by atoms with Gasteiger partial charge in [-0.25, -0.2) is 18.1 Å². The first-order valence-electron chi connectivity index (χ1n) is 7.50. The van der Waals surface area contributed by atoms with E-state index in [1.165, 1.54) is 24.3 Å². The van der Waals surface area contributed by atoms with Crippen molar-refractivity contribution in [3.8, 4) is 0 Å². The zero-order chi connectivity index (χ0) is 19.3. The molecule has 2 amide bonds. The highest BCUT2D eigenvalue weighted by atomic mass is 32.2. The fourth-order valence-electron chi connectivity index (χ4n) is 2.13. The Balaban J connectivity index is 1.88. The van der Waals surface area contributed by atoms with Crippen molar-refractivity contribution in [1.29, 1.82) is 0 Å². The second-order valence-electron chi connectivity index (χ2n) is 5.37. The Kier molecular flexibility index (Phi) is 5.95. The van der Waals surface area contributed by atoms with Gasteiger partial charge in [-0.05, 0) is 19.1 Å². The molecule has 10 nitrogen and oxygen atoms in total. The molecule has 1 heterocycles. The van der Waals surface area contributed by atoms with Crippen molar-refractivity contribution in [3.05, 3.63) is 46.5 Å². The Hall–Kier alpha value is -2.92. The number of non-ortho nitro benzene ring substituents is 1. The van der Waals surface area contributed by atoms with Crippen LogP contribution in [-0.4, -0.2) is 44.0 Å². The molecule has 1 aliphatic heterocycles. The number of carbonyl (C=O) groups excluding carboxylic acids is 2. The molecular weight excluding hydrogens is 364 g/mol. The van der Waals surface area contributed by atoms with Gasteiger partial charge in [0.2, 0.25) is 15.9 Å². The fourth-order valence-corrected chi connectivity index (χ4v) is 3.20. The summed E-state index contributed by atoms with van der Waals surface area (Å²) in [5.41, 5.74) is 0.156. The van der Waals surface area contributed by atoms with E-state index in [1.54, 1.807) is 13.0 Å². The summed E-state index contributed by atoms with van der Waals surface area (Å²) >= 11 is 0. The zero-order valence-corrected chi connectivity index (χ0v) is 14.5. The van der Waals surface area contributed by atoms with Gasteiger partial charge in [-0.2, -0.15) is 0 Å². The number of benzene rings is 1. The summed E-state index contributed by atoms with van der Waals surface area (Å²) in [6.07, 6.45) is 2.98. The lowest BCUT2D eigenvalue weighted by molar-refractivity contribution is -0.385. The van der Waals surface area contributed by atoms with Gasteiger partial charge in [0.15, 0.2) is 0 Å². The lowest BCUT2D eigenvalue weighted by Crippen LogP contribution is -2.39. The highest BCUT2D eigenvalue weighted by molar-refractivity contribution is 7.89. The molecule has 11 heteroatoms. The highest BCUT2D eigenvalue weighted by Gasteiger charge is 2.25. The van der Waals surface area contributed by atoms with E-state index in [1.807, 2.05) is 0 Å². The van der Waals surface area contributed by atoms with E-state index in [-0.39, 0.29) is 23.7 Å². The fraction of sp³-hybridized carbons (Fsp3) is 0.267. The number of allylic oxidation sites excluding steroid dienone is 1. The maximum Gasteiger partial charge on any atom is 0.270 e. The maximum absolute atomic E-state index is 12.1. The first-order chi connectivity index (χ1) is 12.2. The number of nitro benzene ring substituents is 1. The predicted octanol–water partition coefficient (Wildman–Crippen LogP) is 0.163. The van der Waals surface area contributed by atoms with Gasteiger partial charge in [-0.15, -0.1) is 0 Å². The third-order valence-corrected chi connectivity index (χ3v) is 4.88. The minimum Gasteiger partial charge on any atom is -0.354 e. The molecule has 0 radical (unpaired) electrons. The second kappa shape index (κ2) is 7.97. The molecule has 1 aliphatic rings. The van der Waals surface area contributed by atoms with E-state index in [4.69, 9.17) is 0 Å². The molecule has 0 fully saturated rings. The van der Waals surface area contributed by atoms with Crippen LogP contribution in [0.1, 0.15) is 6.92 Å². The molecule has 1 aromatic rings. The van der Waals surface area contributed by atoms with E-state index in [0.29, 0.717) is 5.71 Å². The summed E-state index contributed by atoms with van der Waals surface area (Å²) in [6.45, 7) is 1.42. The number of hydrogen-bond donors (Lipinski definition) is 2. The second-order valence-corrected chi connectivity index (χ2v) is 7.14. The number of aliphatic imine (C=N–C) groups is 1. The Bertz CT molecular complexity index is 906. The van der Waals surface area contributed by atoms with Gasteiger partial charge in [0, 0.05) is 30.9 Å². The van der Waals surface area contributed by atoms with Crippen LogP contribution in [0.4, 0.5) is 5.69 Å². The quantitative estimate of drug-likeness (QED) is 0.298. The molecule has 138 valence electrons. The third kappa shape index (κ3) is 4.80. The summed E-state index contributed by atoms with van der Waals surface area (Å²) in [6, 6.07) is 4.60. The average molecular weight is 380 g/mol. The van der Waals surface area contributed by atoms with E-state index in [2.05, 4.69) is 15.0 Å². The molecule has 1 aromatic carbocycles. The third-order valence-electron chi connectivity index (χ3n) is 3.42. The first-order valence-corrected chi connectivity index (χ1v) is 8.98. The Morgan fingerprint density at radius 1 is 1.35 bits per heavy atom. The highest BCUT2D eigenvalue weighted by Crippen LogP contribution is 2.16. The summed E-state index contributed by atoms with van der Waals surface area (Å²) in [5.74, 6) is -2.20. The van der Waals surface area contributed by atoms with E-state index in [9.17, 15) is 28.1 Å². The van der Waals surface area contributed by atoms with Crippen LogP contribution in [0.25, 0.3) is 0 Å². The summed E-state index contributed by atoms with van der Waals surface area (Å²) in [4.78, 5) is 37.0. The first kappa shape index (κ1) is 19.4. The normalized spacial score (nSPS) is 16.9. The van der Waals surface area contributed by atoms with Crippen molar-refractivity contribution >= 4 is 33.2 Å². The smallest absolute Gasteiger partial charge is 0.270 e. The van der Waals surface area contributed by atoms with Crippen molar-refractivity contribution in [2.45, 2.75) is 11.8 Å². The minimum atomic E-state index is -3.97. The number of nitrogens with one attached hydrogen (secondary N) is 2. The largest absolute Gasteiger partial charge is 0.354 e. The summed E-state index contributed by atoms with van der Waals surface area (Å²) in [7, 11) is -3.97. The minimum absolute atomic E-state index is 0.0622. The maximum atomic E-state index is 12.1. The number of rotatable bonds is 7. The van der Waals surface area contributed by atoms with Crippen LogP contribution in [0, 0.1) is 16.0 Å². The van der Waals surface area contributed by atoms with E-state index in [0.717, 1.165) is 6.07 Å². The van der Waals surface area contributed by atoms with Gasteiger partial charge in [-0.1, -0.05) is 12.1 Å². The molecule has 2 rings (SSSR count). The molecule has 2 N–H and O–H groups in total. The van der Waals surface area contributed by atoms with Gasteiger partial charge >= 0.3 is 0 Å². The van der Waals surface area contributed by atoms with Crippen LogP contribution in [0.15, 0.2) is 46.3 Å². The number of nitro groups is 1. The zero-order valence-electron chi connectivity index (χ0n) is 13.7. The van der Waals surface area contributed by atoms with Crippen LogP contribution in [0.3, 0.4) is 0 Å². The Morgan fingerprint density at radius 3 is 2.73 bits per heavy atom. The lowest BCUT2D eigenvalue weighted by atomic mass is 10.0. The number of sulfonamides is 1. The van der Waals surface area contributed by atoms with Crippen LogP contribution < -0.4 is 10.0 Å². The van der Waals surface area contributed by atoms with Crippen LogP contribution in [0.2, 0.25) is 0 Å². The van der Waals surface area contributed by atoms with Crippen LogP contribution in [0.5, 0.6) is 0 Å². The number of amides is 2. The predicted molar refractivity (Wildman–Crippen MR) is 92.0 cm³/mol. The SMILES string of the molecule is CC1=NC(=O)C(C(=O)NCCNS(=O)(=O)c2cccc([N+](=O)[O-])c2)C=C1. The molecule has 0 bridgehead atoms. The van der Waals surface area contributed by atoms with Gasteiger partial charge in [0.1, 0.15) is 5.92 Å². The topological polar surface area (TPSA) is 148 Å². The number of dihydropyridines is 1. The van der Waals surface area contributed by atoms with Crippen LogP contribution >= 0.6 is 0 Å². The summed E-state index contributed by atoms with van der Waals surface area (Å²) < 4.78 is 26.4. The molecule has 0 aliphatic carbocycles. The standard InChI is InChI=1S/C15H16N4O6S/c1-10-5-6-13(15(21)18-10)14(20)16-7-8-17-26(24,25)12-4-2-3-11(9-12)19(22)23/h2-6,9,13,17H,7-8H2,1H3,(H,16,20). The summed E-state index contributed by atoms with van der Waals surface area (Å²) in [5, 5.41) is 13.1. The van der Waals surface area contributed by atoms with Crippen molar-refractivity contribution in [1.82, 2.24) is 10.0 Å². The Morgan fingerprint density at radius 2 is 2.08 bits per heavy atom. The molecule has 0 aromatic heterocycles. The van der Waals surface area contributed by atoms with E-state index < -0.39 is 32.7 Å². The van der Waals surface area contributed by atoms with Gasteiger partial charge in [0.25, 0.3) is 11.6 Å². The monoisotopic (exact) mass is 380 g/mol. The van der Waals surface area contributed by atoms with Crippen molar-refractivity contribution in [2.75, 3.05) is 13.1 Å². The molecule has 0 saturated heterocycles. The molecule has 0 spiro atoms. The number of hydrogen-bond acceptors (Lipinski definition) is 6. The van der Waals surface area contributed by atoms with Crippen molar-refractivity contribution in [2.24, 2.45) is 10.9 Å². The van der Waals surface area contributed by atoms with Crippen molar-refractivity contribution < 1.29 is 22.9 Å². The van der Waals surface area contributed by atoms with Crippen molar-refractivity contribution in [3.63, 3.8) is 0 Å². The van der Waals surface area contributed by atoms with Crippen LogP contribution in [-0.2, 0) is 19.6 Å². The lowest BCUT2D eigenvalue weighted by Gasteiger charge is -2.13. The van der Waals surface area contributed by atoms with Gasteiger partial charge < -0.3 is 5.32 Å². The Labute approximate surface area is 149 Å². The number of carbonyl (C=O) groups is 2. The van der Waals surface area contributed by atoms with E-state index >= 15 is 0 Å². The molecule has 26 heavy (non-hydrogen) atoms.